The third-order valence-electron chi connectivity index (χ3n) is 3.34. The topological polar surface area (TPSA) is 93.8 Å². The van der Waals surface area contributed by atoms with Crippen LogP contribution in [0, 0.1) is 0 Å². The van der Waals surface area contributed by atoms with Gasteiger partial charge >= 0.3 is 11.6 Å². The molecule has 0 amide bonds. The first-order valence-corrected chi connectivity index (χ1v) is 7.64. The first-order chi connectivity index (χ1) is 10.9. The molecule has 6 heteroatoms. The minimum absolute atomic E-state index is 0.117. The van der Waals surface area contributed by atoms with Crippen molar-refractivity contribution in [2.45, 2.75) is 46.0 Å². The van der Waals surface area contributed by atoms with Crippen molar-refractivity contribution in [1.82, 2.24) is 0 Å². The monoisotopic (exact) mass is 322 g/mol. The number of carbonyl (C=O) groups excluding carboxylic acids is 2. The summed E-state index contributed by atoms with van der Waals surface area (Å²) >= 11 is 0. The van der Waals surface area contributed by atoms with Gasteiger partial charge in [0, 0.05) is 24.5 Å². The average Bonchev–Trinajstić information content (AvgIpc) is 2.50. The van der Waals surface area contributed by atoms with Crippen molar-refractivity contribution in [1.29, 1.82) is 0 Å². The maximum absolute atomic E-state index is 11.8. The lowest BCUT2D eigenvalue weighted by atomic mass is 10.0. The van der Waals surface area contributed by atoms with E-state index in [1.54, 1.807) is 19.9 Å². The Morgan fingerprint density at radius 2 is 2.09 bits per heavy atom. The summed E-state index contributed by atoms with van der Waals surface area (Å²) in [5, 5.41) is 9.87. The molecule has 1 atom stereocenters. The van der Waals surface area contributed by atoms with Crippen molar-refractivity contribution in [2.24, 2.45) is 0 Å². The predicted octanol–water partition coefficient (Wildman–Crippen LogP) is 2.94. The molecule has 0 bridgehead atoms. The van der Waals surface area contributed by atoms with Crippen LogP contribution < -0.4 is 5.63 Å². The van der Waals surface area contributed by atoms with Crippen molar-refractivity contribution in [3.63, 3.8) is 0 Å². The van der Waals surface area contributed by atoms with Gasteiger partial charge in [0.2, 0.25) is 0 Å². The molecule has 0 aliphatic rings. The van der Waals surface area contributed by atoms with Gasteiger partial charge in [0.15, 0.2) is 5.78 Å². The quantitative estimate of drug-likeness (QED) is 0.449. The maximum atomic E-state index is 11.8. The fraction of sp³-hybridized carbons (Fsp3) is 0.471. The molecule has 126 valence electrons. The second-order valence-electron chi connectivity index (χ2n) is 5.11. The number of Topliss-reactive ketones (excluding diaryl/α,β-unsaturated/α-hetero) is 1. The fourth-order valence-electron chi connectivity index (χ4n) is 2.03. The lowest BCUT2D eigenvalue weighted by Gasteiger charge is -2.10. The van der Waals surface area contributed by atoms with E-state index in [0.29, 0.717) is 25.2 Å². The van der Waals surface area contributed by atoms with Gasteiger partial charge in [-0.3, -0.25) is 4.79 Å². The van der Waals surface area contributed by atoms with Gasteiger partial charge in [0.1, 0.15) is 17.1 Å². The molecule has 1 unspecified atom stereocenters. The van der Waals surface area contributed by atoms with E-state index in [1.807, 2.05) is 6.92 Å². The van der Waals surface area contributed by atoms with Crippen molar-refractivity contribution < 1.29 is 23.8 Å². The fourth-order valence-corrected chi connectivity index (χ4v) is 2.03. The number of allylic oxidation sites excluding steroid dienone is 1. The molecular formula is C17H22O6. The van der Waals surface area contributed by atoms with Crippen LogP contribution in [0.2, 0.25) is 0 Å². The van der Waals surface area contributed by atoms with E-state index in [0.717, 1.165) is 0 Å². The molecule has 1 heterocycles. The third kappa shape index (κ3) is 5.39. The molecule has 0 aliphatic carbocycles. The lowest BCUT2D eigenvalue weighted by molar-refractivity contribution is -0.137. The number of hydrogen-bond donors (Lipinski definition) is 1. The van der Waals surface area contributed by atoms with Crippen LogP contribution in [0.3, 0.4) is 0 Å². The Balaban J connectivity index is 2.74. The van der Waals surface area contributed by atoms with Crippen LogP contribution in [0.15, 0.2) is 27.4 Å². The molecule has 0 saturated carbocycles. The van der Waals surface area contributed by atoms with Crippen molar-refractivity contribution in [2.75, 3.05) is 6.61 Å². The normalized spacial score (nSPS) is 12.3. The number of ketones is 1. The number of hydrogen-bond acceptors (Lipinski definition) is 6. The Labute approximate surface area is 134 Å². The molecule has 23 heavy (non-hydrogen) atoms. The molecule has 1 aromatic rings. The van der Waals surface area contributed by atoms with Gasteiger partial charge < -0.3 is 14.3 Å². The zero-order valence-electron chi connectivity index (χ0n) is 13.6. The SMILES string of the molecule is CCOC(=O)/C=C/CCC(C)c1cc(O)c(C(=O)CC)c(=O)o1. The molecular weight excluding hydrogens is 300 g/mol. The van der Waals surface area contributed by atoms with Crippen LogP contribution in [0.25, 0.3) is 0 Å². The Morgan fingerprint density at radius 1 is 1.39 bits per heavy atom. The Hall–Kier alpha value is -2.37. The summed E-state index contributed by atoms with van der Waals surface area (Å²) in [6.07, 6.45) is 4.35. The average molecular weight is 322 g/mol. The van der Waals surface area contributed by atoms with Crippen LogP contribution in [-0.2, 0) is 9.53 Å². The van der Waals surface area contributed by atoms with E-state index in [4.69, 9.17) is 9.15 Å². The van der Waals surface area contributed by atoms with Crippen molar-refractivity contribution in [3.05, 3.63) is 40.0 Å². The van der Waals surface area contributed by atoms with Crippen LogP contribution >= 0.6 is 0 Å². The molecule has 1 aromatic heterocycles. The van der Waals surface area contributed by atoms with Gasteiger partial charge in [-0.2, -0.15) is 0 Å². The first-order valence-electron chi connectivity index (χ1n) is 7.64. The van der Waals surface area contributed by atoms with E-state index < -0.39 is 17.4 Å². The minimum atomic E-state index is -0.819. The summed E-state index contributed by atoms with van der Waals surface area (Å²) in [5.74, 6) is -1.03. The van der Waals surface area contributed by atoms with Gasteiger partial charge in [0.05, 0.1) is 6.61 Å². The first kappa shape index (κ1) is 18.7. The number of carbonyl (C=O) groups is 2. The van der Waals surface area contributed by atoms with E-state index in [-0.39, 0.29) is 23.7 Å². The highest BCUT2D eigenvalue weighted by Crippen LogP contribution is 2.25. The maximum Gasteiger partial charge on any atom is 0.350 e. The van der Waals surface area contributed by atoms with E-state index in [2.05, 4.69) is 0 Å². The number of esters is 1. The molecule has 0 aliphatic heterocycles. The minimum Gasteiger partial charge on any atom is -0.507 e. The van der Waals surface area contributed by atoms with Crippen LogP contribution in [0.4, 0.5) is 0 Å². The zero-order chi connectivity index (χ0) is 17.4. The molecule has 1 rings (SSSR count). The smallest absolute Gasteiger partial charge is 0.350 e. The van der Waals surface area contributed by atoms with Crippen molar-refractivity contribution >= 4 is 11.8 Å². The summed E-state index contributed by atoms with van der Waals surface area (Å²) in [6.45, 7) is 5.49. The molecule has 0 aromatic carbocycles. The second-order valence-corrected chi connectivity index (χ2v) is 5.11. The van der Waals surface area contributed by atoms with Gasteiger partial charge in [-0.15, -0.1) is 0 Å². The largest absolute Gasteiger partial charge is 0.507 e. The summed E-state index contributed by atoms with van der Waals surface area (Å²) < 4.78 is 9.90. The summed E-state index contributed by atoms with van der Waals surface area (Å²) in [5.41, 5.74) is -1.12. The molecule has 0 saturated heterocycles. The van der Waals surface area contributed by atoms with Gasteiger partial charge in [-0.25, -0.2) is 9.59 Å². The molecule has 0 fully saturated rings. The highest BCUT2D eigenvalue weighted by atomic mass is 16.5. The second kappa shape index (κ2) is 8.92. The standard InChI is InChI=1S/C17H22O6/c1-4-12(18)16-13(19)10-14(23-17(16)21)11(3)8-6-7-9-15(20)22-5-2/h7,9-11,19H,4-6,8H2,1-3H3/b9-7+. The summed E-state index contributed by atoms with van der Waals surface area (Å²) in [6, 6.07) is 1.31. The van der Waals surface area contributed by atoms with Gasteiger partial charge in [-0.1, -0.05) is 19.9 Å². The third-order valence-corrected chi connectivity index (χ3v) is 3.34. The Bertz CT molecular complexity index is 641. The molecule has 0 radical (unpaired) electrons. The molecule has 0 spiro atoms. The van der Waals surface area contributed by atoms with E-state index >= 15 is 0 Å². The number of ether oxygens (including phenoxy) is 1. The molecule has 1 N–H and O–H groups in total. The van der Waals surface area contributed by atoms with E-state index in [9.17, 15) is 19.5 Å². The van der Waals surface area contributed by atoms with Gasteiger partial charge in [-0.05, 0) is 19.8 Å². The summed E-state index contributed by atoms with van der Waals surface area (Å²) in [4.78, 5) is 34.6. The van der Waals surface area contributed by atoms with Crippen molar-refractivity contribution in [3.8, 4) is 5.75 Å². The Kier molecular flexibility index (Phi) is 7.25. The Morgan fingerprint density at radius 3 is 2.65 bits per heavy atom. The van der Waals surface area contributed by atoms with Crippen LogP contribution in [-0.4, -0.2) is 23.5 Å². The van der Waals surface area contributed by atoms with E-state index in [1.165, 1.54) is 12.1 Å². The number of aromatic hydroxyl groups is 1. The zero-order valence-corrected chi connectivity index (χ0v) is 13.6. The summed E-state index contributed by atoms with van der Waals surface area (Å²) in [7, 11) is 0. The lowest BCUT2D eigenvalue weighted by Crippen LogP contribution is -2.15. The predicted molar refractivity (Wildman–Crippen MR) is 84.7 cm³/mol. The molecule has 6 nitrogen and oxygen atoms in total. The highest BCUT2D eigenvalue weighted by molar-refractivity contribution is 5.97. The number of rotatable bonds is 8. The van der Waals surface area contributed by atoms with Gasteiger partial charge in [0.25, 0.3) is 0 Å². The van der Waals surface area contributed by atoms with Crippen LogP contribution in [0.1, 0.15) is 62.1 Å². The van der Waals surface area contributed by atoms with Crippen LogP contribution in [0.5, 0.6) is 5.75 Å². The highest BCUT2D eigenvalue weighted by Gasteiger charge is 2.19.